The van der Waals surface area contributed by atoms with Crippen molar-refractivity contribution in [3.8, 4) is 6.07 Å². The predicted octanol–water partition coefficient (Wildman–Crippen LogP) is 4.21. The summed E-state index contributed by atoms with van der Waals surface area (Å²) in [6, 6.07) is 8.60. The van der Waals surface area contributed by atoms with Crippen LogP contribution >= 0.6 is 0 Å². The molecule has 1 atom stereocenters. The fraction of sp³-hybridized carbons (Fsp3) is 0.267. The molecule has 0 amide bonds. The first kappa shape index (κ1) is 15.0. The number of anilines is 1. The Bertz CT molecular complexity index is 642. The van der Waals surface area contributed by atoms with E-state index in [-0.39, 0.29) is 11.6 Å². The third-order valence-electron chi connectivity index (χ3n) is 2.95. The molecule has 1 unspecified atom stereocenters. The van der Waals surface area contributed by atoms with Gasteiger partial charge in [-0.15, -0.1) is 0 Å². The van der Waals surface area contributed by atoms with Crippen LogP contribution in [0.2, 0.25) is 0 Å². The number of nitrogens with zero attached hydrogens (tertiary/aromatic N) is 1. The minimum Gasteiger partial charge on any atom is -0.469 e. The summed E-state index contributed by atoms with van der Waals surface area (Å²) in [7, 11) is 0. The molecule has 0 bridgehead atoms. The monoisotopic (exact) mass is 294 g/mol. The lowest BCUT2D eigenvalue weighted by molar-refractivity contribution is -0.137. The molecule has 1 aromatic carbocycles. The number of alkyl halides is 3. The number of halogens is 3. The van der Waals surface area contributed by atoms with E-state index in [1.54, 1.807) is 24.5 Å². The molecule has 0 spiro atoms. The molecule has 1 aromatic heterocycles. The van der Waals surface area contributed by atoms with Gasteiger partial charge in [-0.05, 0) is 37.3 Å². The zero-order valence-electron chi connectivity index (χ0n) is 11.2. The lowest BCUT2D eigenvalue weighted by Gasteiger charge is -2.16. The SMILES string of the molecule is CC(Cc1ccco1)Nc1ccc(C#N)c(C(F)(F)F)c1. The Morgan fingerprint density at radius 2 is 2.10 bits per heavy atom. The summed E-state index contributed by atoms with van der Waals surface area (Å²) in [5.74, 6) is 0.750. The number of hydrogen-bond donors (Lipinski definition) is 1. The van der Waals surface area contributed by atoms with E-state index in [1.165, 1.54) is 12.1 Å². The number of nitrogens with one attached hydrogen (secondary N) is 1. The normalized spacial score (nSPS) is 12.7. The van der Waals surface area contributed by atoms with Crippen LogP contribution in [0.5, 0.6) is 0 Å². The Morgan fingerprint density at radius 1 is 1.33 bits per heavy atom. The van der Waals surface area contributed by atoms with Gasteiger partial charge in [0.05, 0.1) is 23.5 Å². The third-order valence-corrected chi connectivity index (χ3v) is 2.95. The lowest BCUT2D eigenvalue weighted by atomic mass is 10.1. The van der Waals surface area contributed by atoms with Crippen LogP contribution in [0.15, 0.2) is 41.0 Å². The standard InChI is InChI=1S/C15H13F3N2O/c1-10(7-13-3-2-6-21-13)20-12-5-4-11(9-19)14(8-12)15(16,17)18/h2-6,8,10,20H,7H2,1H3. The van der Waals surface area contributed by atoms with Gasteiger partial charge in [0.2, 0.25) is 0 Å². The van der Waals surface area contributed by atoms with Gasteiger partial charge in [-0.1, -0.05) is 0 Å². The van der Waals surface area contributed by atoms with Gasteiger partial charge in [-0.2, -0.15) is 18.4 Å². The molecule has 0 aliphatic heterocycles. The maximum Gasteiger partial charge on any atom is 0.417 e. The molecule has 0 saturated carbocycles. The fourth-order valence-corrected chi connectivity index (χ4v) is 2.03. The van der Waals surface area contributed by atoms with Crippen molar-refractivity contribution in [2.75, 3.05) is 5.32 Å². The first-order valence-electron chi connectivity index (χ1n) is 6.30. The number of nitriles is 1. The Morgan fingerprint density at radius 3 is 2.67 bits per heavy atom. The summed E-state index contributed by atoms with van der Waals surface area (Å²) in [6.45, 7) is 1.84. The Labute approximate surface area is 120 Å². The van der Waals surface area contributed by atoms with E-state index in [2.05, 4.69) is 5.32 Å². The van der Waals surface area contributed by atoms with Crippen molar-refractivity contribution in [2.24, 2.45) is 0 Å². The van der Waals surface area contributed by atoms with Gasteiger partial charge < -0.3 is 9.73 Å². The first-order valence-corrected chi connectivity index (χ1v) is 6.30. The molecule has 21 heavy (non-hydrogen) atoms. The maximum atomic E-state index is 12.9. The highest BCUT2D eigenvalue weighted by atomic mass is 19.4. The van der Waals surface area contributed by atoms with Gasteiger partial charge in [0, 0.05) is 18.2 Å². The zero-order chi connectivity index (χ0) is 15.5. The third kappa shape index (κ3) is 3.78. The Hall–Kier alpha value is -2.42. The summed E-state index contributed by atoms with van der Waals surface area (Å²) < 4.78 is 43.8. The van der Waals surface area contributed by atoms with Crippen LogP contribution in [0.4, 0.5) is 18.9 Å². The van der Waals surface area contributed by atoms with Crippen molar-refractivity contribution < 1.29 is 17.6 Å². The molecular formula is C15H13F3N2O. The van der Waals surface area contributed by atoms with Crippen molar-refractivity contribution in [1.29, 1.82) is 5.26 Å². The van der Waals surface area contributed by atoms with E-state index in [1.807, 2.05) is 6.92 Å². The van der Waals surface area contributed by atoms with Crippen molar-refractivity contribution in [1.82, 2.24) is 0 Å². The second-order valence-electron chi connectivity index (χ2n) is 4.70. The van der Waals surface area contributed by atoms with Crippen LogP contribution in [0, 0.1) is 11.3 Å². The van der Waals surface area contributed by atoms with Gasteiger partial charge >= 0.3 is 6.18 Å². The highest BCUT2D eigenvalue weighted by Crippen LogP contribution is 2.33. The second-order valence-corrected chi connectivity index (χ2v) is 4.70. The lowest BCUT2D eigenvalue weighted by Crippen LogP contribution is -2.18. The molecule has 1 heterocycles. The van der Waals surface area contributed by atoms with Crippen molar-refractivity contribution in [3.63, 3.8) is 0 Å². The van der Waals surface area contributed by atoms with E-state index in [9.17, 15) is 13.2 Å². The smallest absolute Gasteiger partial charge is 0.417 e. The van der Waals surface area contributed by atoms with E-state index < -0.39 is 11.7 Å². The van der Waals surface area contributed by atoms with E-state index in [0.717, 1.165) is 11.8 Å². The van der Waals surface area contributed by atoms with Gasteiger partial charge in [0.1, 0.15) is 5.76 Å². The van der Waals surface area contributed by atoms with Crippen molar-refractivity contribution in [2.45, 2.75) is 25.6 Å². The average molecular weight is 294 g/mol. The number of benzene rings is 1. The molecule has 0 radical (unpaired) electrons. The molecular weight excluding hydrogens is 281 g/mol. The first-order chi connectivity index (χ1) is 9.90. The quantitative estimate of drug-likeness (QED) is 0.918. The minimum atomic E-state index is -4.55. The van der Waals surface area contributed by atoms with Gasteiger partial charge in [-0.25, -0.2) is 0 Å². The van der Waals surface area contributed by atoms with Crippen LogP contribution in [0.1, 0.15) is 23.8 Å². The summed E-state index contributed by atoms with van der Waals surface area (Å²) in [6.07, 6.45) is -2.45. The van der Waals surface area contributed by atoms with E-state index >= 15 is 0 Å². The highest BCUT2D eigenvalue weighted by Gasteiger charge is 2.33. The van der Waals surface area contributed by atoms with Crippen molar-refractivity contribution >= 4 is 5.69 Å². The summed E-state index contributed by atoms with van der Waals surface area (Å²) >= 11 is 0. The topological polar surface area (TPSA) is 49.0 Å². The van der Waals surface area contributed by atoms with Gasteiger partial charge in [0.15, 0.2) is 0 Å². The second kappa shape index (κ2) is 5.92. The van der Waals surface area contributed by atoms with Gasteiger partial charge in [0.25, 0.3) is 0 Å². The van der Waals surface area contributed by atoms with Crippen LogP contribution < -0.4 is 5.32 Å². The molecule has 6 heteroatoms. The Balaban J connectivity index is 2.16. The number of hydrogen-bond acceptors (Lipinski definition) is 3. The van der Waals surface area contributed by atoms with Crippen LogP contribution in [-0.2, 0) is 12.6 Å². The number of furan rings is 1. The number of rotatable bonds is 4. The molecule has 0 fully saturated rings. The molecule has 1 N–H and O–H groups in total. The average Bonchev–Trinajstić information content (AvgIpc) is 2.90. The molecule has 0 aliphatic rings. The maximum absolute atomic E-state index is 12.9. The zero-order valence-corrected chi connectivity index (χ0v) is 11.2. The molecule has 2 rings (SSSR count). The van der Waals surface area contributed by atoms with Gasteiger partial charge in [-0.3, -0.25) is 0 Å². The predicted molar refractivity (Wildman–Crippen MR) is 71.7 cm³/mol. The molecule has 0 saturated heterocycles. The summed E-state index contributed by atoms with van der Waals surface area (Å²) in [5.41, 5.74) is -0.993. The molecule has 2 aromatic rings. The van der Waals surface area contributed by atoms with Crippen LogP contribution in [0.3, 0.4) is 0 Å². The summed E-state index contributed by atoms with van der Waals surface area (Å²) in [5, 5.41) is 11.7. The molecule has 0 aliphatic carbocycles. The van der Waals surface area contributed by atoms with E-state index in [0.29, 0.717) is 12.1 Å². The molecule has 110 valence electrons. The van der Waals surface area contributed by atoms with Crippen LogP contribution in [-0.4, -0.2) is 6.04 Å². The highest BCUT2D eigenvalue weighted by molar-refractivity contribution is 5.53. The van der Waals surface area contributed by atoms with Crippen molar-refractivity contribution in [3.05, 3.63) is 53.5 Å². The fourth-order valence-electron chi connectivity index (χ4n) is 2.03. The summed E-state index contributed by atoms with van der Waals surface area (Å²) in [4.78, 5) is 0. The minimum absolute atomic E-state index is 0.106. The molecule has 3 nitrogen and oxygen atoms in total. The largest absolute Gasteiger partial charge is 0.469 e. The Kier molecular flexibility index (Phi) is 4.22. The van der Waals surface area contributed by atoms with E-state index in [4.69, 9.17) is 9.68 Å². The van der Waals surface area contributed by atoms with Crippen LogP contribution in [0.25, 0.3) is 0 Å².